The summed E-state index contributed by atoms with van der Waals surface area (Å²) in [5.74, 6) is 0.555. The van der Waals surface area contributed by atoms with Crippen LogP contribution in [0.15, 0.2) is 30.3 Å². The second kappa shape index (κ2) is 11.0. The molecule has 1 aromatic rings. The Labute approximate surface area is 178 Å². The summed E-state index contributed by atoms with van der Waals surface area (Å²) in [5, 5.41) is 0.176. The van der Waals surface area contributed by atoms with E-state index >= 15 is 0 Å². The Morgan fingerprint density at radius 3 is 2.34 bits per heavy atom. The molecule has 29 heavy (non-hydrogen) atoms. The first-order valence-electron chi connectivity index (χ1n) is 10.6. The van der Waals surface area contributed by atoms with Crippen LogP contribution in [0, 0.1) is 11.8 Å². The molecule has 0 amide bonds. The van der Waals surface area contributed by atoms with Gasteiger partial charge < -0.3 is 23.4 Å². The average molecular weight is 425 g/mol. The first kappa shape index (κ1) is 24.5. The maximum atomic E-state index is 6.54. The Bertz CT molecular complexity index is 587. The Morgan fingerprint density at radius 2 is 1.72 bits per heavy atom. The molecule has 0 radical (unpaired) electrons. The topological polar surface area (TPSA) is 46.2 Å². The summed E-state index contributed by atoms with van der Waals surface area (Å²) in [4.78, 5) is 0. The highest BCUT2D eigenvalue weighted by Crippen LogP contribution is 2.40. The zero-order valence-electron chi connectivity index (χ0n) is 19.3. The van der Waals surface area contributed by atoms with Crippen LogP contribution in [-0.2, 0) is 30.0 Å². The predicted molar refractivity (Wildman–Crippen MR) is 118 cm³/mol. The average Bonchev–Trinajstić information content (AvgIpc) is 2.96. The Kier molecular flexibility index (Phi) is 9.32. The quantitative estimate of drug-likeness (QED) is 0.277. The molecule has 0 saturated heterocycles. The van der Waals surface area contributed by atoms with E-state index in [1.165, 1.54) is 0 Å². The molecule has 1 fully saturated rings. The third kappa shape index (κ3) is 7.16. The Hall–Kier alpha value is -0.763. The van der Waals surface area contributed by atoms with Crippen LogP contribution in [0.3, 0.4) is 0 Å². The van der Waals surface area contributed by atoms with E-state index < -0.39 is 8.32 Å². The first-order valence-corrected chi connectivity index (χ1v) is 13.5. The van der Waals surface area contributed by atoms with Crippen LogP contribution >= 0.6 is 0 Å². The molecule has 4 atom stereocenters. The van der Waals surface area contributed by atoms with Crippen molar-refractivity contribution < 1.29 is 23.4 Å². The van der Waals surface area contributed by atoms with Crippen molar-refractivity contribution in [1.29, 1.82) is 0 Å². The van der Waals surface area contributed by atoms with Gasteiger partial charge in [-0.15, -0.1) is 0 Å². The summed E-state index contributed by atoms with van der Waals surface area (Å²) in [6.07, 6.45) is 1.07. The van der Waals surface area contributed by atoms with E-state index in [2.05, 4.69) is 52.9 Å². The minimum atomic E-state index is -1.84. The molecule has 1 saturated carbocycles. The van der Waals surface area contributed by atoms with E-state index in [0.29, 0.717) is 25.9 Å². The molecule has 1 aliphatic carbocycles. The van der Waals surface area contributed by atoms with Gasteiger partial charge in [0, 0.05) is 19.6 Å². The minimum Gasteiger partial charge on any atom is -0.416 e. The van der Waals surface area contributed by atoms with E-state index in [9.17, 15) is 0 Å². The molecule has 2 rings (SSSR count). The van der Waals surface area contributed by atoms with Crippen molar-refractivity contribution in [1.82, 2.24) is 0 Å². The molecule has 1 aliphatic rings. The van der Waals surface area contributed by atoms with Crippen LogP contribution in [0.2, 0.25) is 18.1 Å². The standard InChI is InChI=1S/C23H40O5Si/c1-18-13-21(26-16-24-5)20(15-28-29(6,7)23(2,3)4)22(18)27-17-25-14-19-11-9-8-10-12-19/h8-12,18,20-22H,13-17H2,1-7H3/t18?,20-,21?,22-/m1/s1. The van der Waals surface area contributed by atoms with Crippen molar-refractivity contribution >= 4 is 8.32 Å². The number of benzene rings is 1. The number of methoxy groups -OCH3 is 1. The van der Waals surface area contributed by atoms with Crippen molar-refractivity contribution in [2.45, 2.75) is 71.1 Å². The maximum Gasteiger partial charge on any atom is 0.191 e. The number of hydrogen-bond acceptors (Lipinski definition) is 5. The summed E-state index contributed by atoms with van der Waals surface area (Å²) >= 11 is 0. The molecule has 0 spiro atoms. The predicted octanol–water partition coefficient (Wildman–Crippen LogP) is 5.21. The lowest BCUT2D eigenvalue weighted by molar-refractivity contribution is -0.138. The SMILES string of the molecule is COCOC1CC(C)[C@@H](OCOCc2ccccc2)[C@@H]1CO[Si](C)(C)C(C)(C)C. The van der Waals surface area contributed by atoms with Crippen LogP contribution < -0.4 is 0 Å². The second-order valence-corrected chi connectivity index (χ2v) is 14.5. The number of rotatable bonds is 11. The van der Waals surface area contributed by atoms with Gasteiger partial charge in [0.25, 0.3) is 0 Å². The molecule has 0 bridgehead atoms. The van der Waals surface area contributed by atoms with Crippen molar-refractivity contribution in [3.05, 3.63) is 35.9 Å². The van der Waals surface area contributed by atoms with E-state index in [4.69, 9.17) is 23.4 Å². The molecule has 0 aromatic heterocycles. The minimum absolute atomic E-state index is 0.0531. The monoisotopic (exact) mass is 424 g/mol. The van der Waals surface area contributed by atoms with Crippen molar-refractivity contribution in [3.8, 4) is 0 Å². The van der Waals surface area contributed by atoms with Gasteiger partial charge in [-0.1, -0.05) is 58.0 Å². The van der Waals surface area contributed by atoms with E-state index in [1.807, 2.05) is 18.2 Å². The Morgan fingerprint density at radius 1 is 1.03 bits per heavy atom. The van der Waals surface area contributed by atoms with E-state index in [-0.39, 0.29) is 30.0 Å². The van der Waals surface area contributed by atoms with Crippen LogP contribution in [0.1, 0.15) is 39.7 Å². The fraction of sp³-hybridized carbons (Fsp3) is 0.739. The molecule has 0 aliphatic heterocycles. The van der Waals surface area contributed by atoms with Gasteiger partial charge in [0.05, 0.1) is 18.8 Å². The third-order valence-electron chi connectivity index (χ3n) is 6.36. The van der Waals surface area contributed by atoms with Gasteiger partial charge in [-0.05, 0) is 36.0 Å². The fourth-order valence-corrected chi connectivity index (χ4v) is 4.57. The molecule has 0 N–H and O–H groups in total. The molecule has 2 unspecified atom stereocenters. The first-order chi connectivity index (χ1) is 13.7. The largest absolute Gasteiger partial charge is 0.416 e. The molecule has 166 valence electrons. The van der Waals surface area contributed by atoms with Gasteiger partial charge >= 0.3 is 0 Å². The van der Waals surface area contributed by atoms with Gasteiger partial charge in [-0.2, -0.15) is 0 Å². The van der Waals surface area contributed by atoms with Gasteiger partial charge in [-0.25, -0.2) is 0 Å². The zero-order chi connectivity index (χ0) is 21.5. The van der Waals surface area contributed by atoms with Crippen LogP contribution in [0.5, 0.6) is 0 Å². The number of hydrogen-bond donors (Lipinski definition) is 0. The molecule has 0 heterocycles. The maximum absolute atomic E-state index is 6.54. The van der Waals surface area contributed by atoms with Crippen LogP contribution in [-0.4, -0.2) is 47.8 Å². The third-order valence-corrected chi connectivity index (χ3v) is 10.9. The fourth-order valence-electron chi connectivity index (χ4n) is 3.53. The van der Waals surface area contributed by atoms with Crippen molar-refractivity contribution in [2.75, 3.05) is 27.3 Å². The zero-order valence-corrected chi connectivity index (χ0v) is 20.3. The summed E-state index contributed by atoms with van der Waals surface area (Å²) in [5.41, 5.74) is 1.15. The molecular weight excluding hydrogens is 384 g/mol. The summed E-state index contributed by atoms with van der Waals surface area (Å²) in [6, 6.07) is 10.2. The lowest BCUT2D eigenvalue weighted by Crippen LogP contribution is -2.44. The van der Waals surface area contributed by atoms with Gasteiger partial charge in [0.1, 0.15) is 13.6 Å². The van der Waals surface area contributed by atoms with Crippen molar-refractivity contribution in [3.63, 3.8) is 0 Å². The summed E-state index contributed by atoms with van der Waals surface area (Å²) in [7, 11) is -0.183. The van der Waals surface area contributed by atoms with Crippen LogP contribution in [0.25, 0.3) is 0 Å². The van der Waals surface area contributed by atoms with Gasteiger partial charge in [0.2, 0.25) is 0 Å². The van der Waals surface area contributed by atoms with Gasteiger partial charge in [-0.3, -0.25) is 0 Å². The second-order valence-electron chi connectivity index (χ2n) is 9.64. The lowest BCUT2D eigenvalue weighted by atomic mass is 10.0. The summed E-state index contributed by atoms with van der Waals surface area (Å²) < 4.78 is 29.7. The Balaban J connectivity index is 1.94. The highest BCUT2D eigenvalue weighted by Gasteiger charge is 2.45. The van der Waals surface area contributed by atoms with E-state index in [0.717, 1.165) is 12.0 Å². The highest BCUT2D eigenvalue weighted by molar-refractivity contribution is 6.74. The highest BCUT2D eigenvalue weighted by atomic mass is 28.4. The molecule has 6 heteroatoms. The molecule has 5 nitrogen and oxygen atoms in total. The van der Waals surface area contributed by atoms with Crippen LogP contribution in [0.4, 0.5) is 0 Å². The molecule has 1 aromatic carbocycles. The van der Waals surface area contributed by atoms with E-state index in [1.54, 1.807) is 7.11 Å². The summed E-state index contributed by atoms with van der Waals surface area (Å²) in [6.45, 7) is 15.4. The smallest absolute Gasteiger partial charge is 0.191 e. The number of ether oxygens (including phenoxy) is 4. The normalized spacial score (nSPS) is 25.5. The lowest BCUT2D eigenvalue weighted by Gasteiger charge is -2.38. The van der Waals surface area contributed by atoms with Crippen molar-refractivity contribution in [2.24, 2.45) is 11.8 Å². The van der Waals surface area contributed by atoms with Gasteiger partial charge in [0.15, 0.2) is 8.32 Å². The molecular formula is C23H40O5Si.